The van der Waals surface area contributed by atoms with E-state index in [4.69, 9.17) is 11.6 Å². The van der Waals surface area contributed by atoms with E-state index in [0.717, 1.165) is 5.56 Å². The van der Waals surface area contributed by atoms with Crippen molar-refractivity contribution in [3.8, 4) is 11.1 Å². The van der Waals surface area contributed by atoms with E-state index in [-0.39, 0.29) is 22.8 Å². The average Bonchev–Trinajstić information content (AvgIpc) is 2.70. The minimum Gasteiger partial charge on any atom is -0.340 e. The topological polar surface area (TPSA) is 58.1 Å². The van der Waals surface area contributed by atoms with Crippen molar-refractivity contribution in [2.24, 2.45) is 0 Å². The molecule has 29 heavy (non-hydrogen) atoms. The van der Waals surface area contributed by atoms with Crippen molar-refractivity contribution in [1.82, 2.24) is 14.9 Å². The van der Waals surface area contributed by atoms with Crippen molar-refractivity contribution in [2.75, 3.05) is 12.4 Å². The molecule has 0 fully saturated rings. The molecule has 7 heteroatoms. The van der Waals surface area contributed by atoms with Crippen molar-refractivity contribution in [3.63, 3.8) is 0 Å². The molecule has 0 aliphatic heterocycles. The van der Waals surface area contributed by atoms with Gasteiger partial charge < -0.3 is 5.32 Å². The number of carbonyl (C=O) groups excluding carboxylic acids is 1. The first kappa shape index (κ1) is 20.9. The molecule has 0 atom stereocenters. The lowest BCUT2D eigenvalue weighted by Crippen LogP contribution is -2.27. The van der Waals surface area contributed by atoms with Gasteiger partial charge in [-0.05, 0) is 56.3 Å². The number of aromatic nitrogens is 2. The van der Waals surface area contributed by atoms with Crippen LogP contribution in [-0.4, -0.2) is 34.2 Å². The molecule has 0 aliphatic carbocycles. The van der Waals surface area contributed by atoms with Crippen molar-refractivity contribution in [2.45, 2.75) is 26.4 Å². The van der Waals surface area contributed by atoms with Gasteiger partial charge in [-0.3, -0.25) is 9.69 Å². The highest BCUT2D eigenvalue weighted by Gasteiger charge is 2.17. The molecule has 0 spiro atoms. The van der Waals surface area contributed by atoms with Crippen LogP contribution in [0.5, 0.6) is 0 Å². The van der Waals surface area contributed by atoms with Crippen LogP contribution in [0.4, 0.5) is 15.9 Å². The normalized spacial score (nSPS) is 11.1. The fraction of sp³-hybridized carbons (Fsp3) is 0.227. The van der Waals surface area contributed by atoms with Crippen molar-refractivity contribution >= 4 is 29.4 Å². The largest absolute Gasteiger partial charge is 0.340 e. The highest BCUT2D eigenvalue weighted by atomic mass is 35.5. The third kappa shape index (κ3) is 4.96. The van der Waals surface area contributed by atoms with E-state index in [9.17, 15) is 9.18 Å². The zero-order valence-corrected chi connectivity index (χ0v) is 17.2. The van der Waals surface area contributed by atoms with Crippen LogP contribution >= 0.6 is 11.6 Å². The minimum absolute atomic E-state index is 0.0491. The molecule has 2 aromatic carbocycles. The first-order valence-electron chi connectivity index (χ1n) is 9.23. The van der Waals surface area contributed by atoms with Gasteiger partial charge in [0.2, 0.25) is 5.28 Å². The summed E-state index contributed by atoms with van der Waals surface area (Å²) in [4.78, 5) is 21.8. The third-order valence-corrected chi connectivity index (χ3v) is 4.90. The van der Waals surface area contributed by atoms with Gasteiger partial charge in [0.1, 0.15) is 17.3 Å². The highest BCUT2D eigenvalue weighted by molar-refractivity contribution is 6.28. The summed E-state index contributed by atoms with van der Waals surface area (Å²) in [6.07, 6.45) is 0.654. The van der Waals surface area contributed by atoms with Gasteiger partial charge in [-0.15, -0.1) is 0 Å². The molecular weight excluding hydrogens is 391 g/mol. The molecule has 0 amide bonds. The number of carbonyl (C=O) groups is 1. The van der Waals surface area contributed by atoms with Gasteiger partial charge in [0.25, 0.3) is 0 Å². The maximum atomic E-state index is 14.7. The molecule has 0 radical (unpaired) electrons. The molecule has 5 nitrogen and oxygen atoms in total. The van der Waals surface area contributed by atoms with Crippen LogP contribution in [0.1, 0.15) is 29.9 Å². The van der Waals surface area contributed by atoms with E-state index in [2.05, 4.69) is 15.3 Å². The second kappa shape index (κ2) is 9.11. The molecular formula is C22H22ClFN4O. The fourth-order valence-corrected chi connectivity index (χ4v) is 3.02. The lowest BCUT2D eigenvalue weighted by Gasteiger charge is -2.23. The van der Waals surface area contributed by atoms with Crippen LogP contribution in [0.3, 0.4) is 0 Å². The number of nitrogens with one attached hydrogen (secondary N) is 1. The molecule has 0 aliphatic rings. The SMILES string of the molecule is CC(C)N(C)Cc1c(C=O)nc(Cl)nc1Nc1ccc(-c2ccccc2)c(F)c1. The molecule has 0 unspecified atom stereocenters. The van der Waals surface area contributed by atoms with E-state index in [1.54, 1.807) is 12.1 Å². The van der Waals surface area contributed by atoms with Crippen molar-refractivity contribution in [3.05, 3.63) is 70.9 Å². The summed E-state index contributed by atoms with van der Waals surface area (Å²) < 4.78 is 14.7. The van der Waals surface area contributed by atoms with Gasteiger partial charge in [0, 0.05) is 29.4 Å². The Kier molecular flexibility index (Phi) is 6.56. The first-order chi connectivity index (χ1) is 13.9. The highest BCUT2D eigenvalue weighted by Crippen LogP contribution is 2.28. The van der Waals surface area contributed by atoms with E-state index < -0.39 is 0 Å². The average molecular weight is 413 g/mol. The molecule has 1 aromatic heterocycles. The van der Waals surface area contributed by atoms with Gasteiger partial charge in [-0.1, -0.05) is 30.3 Å². The van der Waals surface area contributed by atoms with Crippen LogP contribution < -0.4 is 5.32 Å². The predicted molar refractivity (Wildman–Crippen MR) is 114 cm³/mol. The molecule has 150 valence electrons. The van der Waals surface area contributed by atoms with E-state index >= 15 is 0 Å². The molecule has 0 saturated carbocycles. The number of aldehydes is 1. The van der Waals surface area contributed by atoms with Crippen molar-refractivity contribution in [1.29, 1.82) is 0 Å². The summed E-state index contributed by atoms with van der Waals surface area (Å²) in [6.45, 7) is 4.53. The Labute approximate surface area is 174 Å². The van der Waals surface area contributed by atoms with E-state index in [0.29, 0.717) is 35.5 Å². The minimum atomic E-state index is -0.363. The molecule has 1 heterocycles. The number of hydrogen-bond acceptors (Lipinski definition) is 5. The predicted octanol–water partition coefficient (Wildman–Crippen LogP) is 5.33. The van der Waals surface area contributed by atoms with Crippen LogP contribution in [0.25, 0.3) is 11.1 Å². The lowest BCUT2D eigenvalue weighted by atomic mass is 10.0. The van der Waals surface area contributed by atoms with Crippen molar-refractivity contribution < 1.29 is 9.18 Å². The zero-order chi connectivity index (χ0) is 21.0. The van der Waals surface area contributed by atoms with Gasteiger partial charge in [0.05, 0.1) is 0 Å². The summed E-state index contributed by atoms with van der Waals surface area (Å²) in [5.41, 5.74) is 2.62. The molecule has 3 rings (SSSR count). The Balaban J connectivity index is 1.96. The smallest absolute Gasteiger partial charge is 0.225 e. The standard InChI is InChI=1S/C22H22ClFN4O/c1-14(2)28(3)12-18-20(13-29)26-22(23)27-21(18)25-16-9-10-17(19(24)11-16)15-7-5-4-6-8-15/h4-11,13-14H,12H2,1-3H3,(H,25,26,27). The quantitative estimate of drug-likeness (QED) is 0.419. The van der Waals surface area contributed by atoms with Crippen LogP contribution in [0.2, 0.25) is 5.28 Å². The summed E-state index contributed by atoms with van der Waals surface area (Å²) in [6, 6.07) is 14.4. The first-order valence-corrected chi connectivity index (χ1v) is 9.60. The van der Waals surface area contributed by atoms with E-state index in [1.807, 2.05) is 56.1 Å². The Morgan fingerprint density at radius 2 is 1.90 bits per heavy atom. The van der Waals surface area contributed by atoms with Gasteiger partial charge in [0.15, 0.2) is 6.29 Å². The van der Waals surface area contributed by atoms with Gasteiger partial charge in [-0.2, -0.15) is 0 Å². The molecule has 0 saturated heterocycles. The summed E-state index contributed by atoms with van der Waals surface area (Å²) >= 11 is 5.99. The fourth-order valence-electron chi connectivity index (χ4n) is 2.84. The van der Waals surface area contributed by atoms with E-state index in [1.165, 1.54) is 6.07 Å². The number of halogens is 2. The maximum Gasteiger partial charge on any atom is 0.225 e. The monoisotopic (exact) mass is 412 g/mol. The molecule has 3 aromatic rings. The second-order valence-corrected chi connectivity index (χ2v) is 7.36. The summed E-state index contributed by atoms with van der Waals surface area (Å²) in [5.74, 6) is 0.0178. The Bertz CT molecular complexity index is 1010. The van der Waals surface area contributed by atoms with Crippen LogP contribution in [-0.2, 0) is 6.54 Å². The van der Waals surface area contributed by atoms with Gasteiger partial charge in [-0.25, -0.2) is 14.4 Å². The number of hydrogen-bond donors (Lipinski definition) is 1. The van der Waals surface area contributed by atoms with Crippen LogP contribution in [0, 0.1) is 5.82 Å². The third-order valence-electron chi connectivity index (χ3n) is 4.73. The summed E-state index contributed by atoms with van der Waals surface area (Å²) in [5, 5.41) is 3.04. The zero-order valence-electron chi connectivity index (χ0n) is 16.5. The molecule has 1 N–H and O–H groups in total. The Hall–Kier alpha value is -2.83. The number of benzene rings is 2. The number of anilines is 2. The summed E-state index contributed by atoms with van der Waals surface area (Å²) in [7, 11) is 1.94. The van der Waals surface area contributed by atoms with Gasteiger partial charge >= 0.3 is 0 Å². The Morgan fingerprint density at radius 1 is 1.17 bits per heavy atom. The second-order valence-electron chi connectivity index (χ2n) is 7.02. The maximum absolute atomic E-state index is 14.7. The lowest BCUT2D eigenvalue weighted by molar-refractivity contribution is 0.111. The Morgan fingerprint density at radius 3 is 2.52 bits per heavy atom. The van der Waals surface area contributed by atoms with Crippen LogP contribution in [0.15, 0.2) is 48.5 Å². The number of rotatable bonds is 7. The molecule has 0 bridgehead atoms. The number of nitrogens with zero attached hydrogens (tertiary/aromatic N) is 3.